The van der Waals surface area contributed by atoms with Gasteiger partial charge in [-0.15, -0.1) is 0 Å². The molecule has 2 heteroatoms. The molecule has 1 aromatic carbocycles. The van der Waals surface area contributed by atoms with Crippen LogP contribution in [-0.2, 0) is 6.42 Å². The zero-order valence-electron chi connectivity index (χ0n) is 8.52. The number of hydrogen-bond acceptors (Lipinski definition) is 2. The molecule has 0 bridgehead atoms. The summed E-state index contributed by atoms with van der Waals surface area (Å²) >= 11 is 0. The standard InChI is InChI=1S/C11H17NO/c1-8-6-10(4-5-12-3)11(13)7-9(8)2/h6-7,12-13H,4-5H2,1-3H3. The first kappa shape index (κ1) is 10.1. The van der Waals surface area contributed by atoms with Crippen LogP contribution in [-0.4, -0.2) is 18.7 Å². The predicted octanol–water partition coefficient (Wildman–Crippen LogP) is 1.77. The Morgan fingerprint density at radius 1 is 1.23 bits per heavy atom. The topological polar surface area (TPSA) is 32.3 Å². The first-order chi connectivity index (χ1) is 6.15. The van der Waals surface area contributed by atoms with E-state index in [2.05, 4.69) is 18.3 Å². The Balaban J connectivity index is 2.88. The van der Waals surface area contributed by atoms with Crippen molar-refractivity contribution in [2.24, 2.45) is 0 Å². The zero-order chi connectivity index (χ0) is 9.84. The molecule has 0 aliphatic rings. The Kier molecular flexibility index (Phi) is 3.32. The fraction of sp³-hybridized carbons (Fsp3) is 0.455. The van der Waals surface area contributed by atoms with E-state index in [1.165, 1.54) is 5.56 Å². The Morgan fingerprint density at radius 3 is 2.46 bits per heavy atom. The molecule has 0 amide bonds. The van der Waals surface area contributed by atoms with E-state index in [1.54, 1.807) is 0 Å². The highest BCUT2D eigenvalue weighted by Gasteiger charge is 2.02. The maximum Gasteiger partial charge on any atom is 0.119 e. The van der Waals surface area contributed by atoms with Crippen LogP contribution in [0.4, 0.5) is 0 Å². The van der Waals surface area contributed by atoms with Crippen LogP contribution in [0.2, 0.25) is 0 Å². The van der Waals surface area contributed by atoms with Crippen molar-refractivity contribution in [2.75, 3.05) is 13.6 Å². The second-order valence-electron chi connectivity index (χ2n) is 3.42. The lowest BCUT2D eigenvalue weighted by Gasteiger charge is -2.07. The van der Waals surface area contributed by atoms with Crippen molar-refractivity contribution in [2.45, 2.75) is 20.3 Å². The van der Waals surface area contributed by atoms with Gasteiger partial charge in [-0.2, -0.15) is 0 Å². The summed E-state index contributed by atoms with van der Waals surface area (Å²) in [5.41, 5.74) is 3.41. The number of phenols is 1. The number of likely N-dealkylation sites (N-methyl/N-ethyl adjacent to an activating group) is 1. The van der Waals surface area contributed by atoms with E-state index >= 15 is 0 Å². The summed E-state index contributed by atoms with van der Waals surface area (Å²) in [5.74, 6) is 0.415. The molecule has 0 fully saturated rings. The summed E-state index contributed by atoms with van der Waals surface area (Å²) in [6.07, 6.45) is 0.878. The summed E-state index contributed by atoms with van der Waals surface area (Å²) in [6, 6.07) is 3.89. The van der Waals surface area contributed by atoms with Crippen LogP contribution in [0.5, 0.6) is 5.75 Å². The third kappa shape index (κ3) is 2.46. The van der Waals surface area contributed by atoms with Gasteiger partial charge in [-0.25, -0.2) is 0 Å². The number of hydrogen-bond donors (Lipinski definition) is 2. The van der Waals surface area contributed by atoms with Gasteiger partial charge in [-0.3, -0.25) is 0 Å². The van der Waals surface area contributed by atoms with Gasteiger partial charge in [0, 0.05) is 0 Å². The van der Waals surface area contributed by atoms with Gasteiger partial charge >= 0.3 is 0 Å². The highest BCUT2D eigenvalue weighted by molar-refractivity contribution is 5.40. The third-order valence-electron chi connectivity index (χ3n) is 2.34. The fourth-order valence-electron chi connectivity index (χ4n) is 1.32. The molecule has 0 heterocycles. The number of aromatic hydroxyl groups is 1. The smallest absolute Gasteiger partial charge is 0.119 e. The maximum atomic E-state index is 9.61. The van der Waals surface area contributed by atoms with Crippen molar-refractivity contribution in [3.8, 4) is 5.75 Å². The van der Waals surface area contributed by atoms with Crippen LogP contribution in [0.15, 0.2) is 12.1 Å². The van der Waals surface area contributed by atoms with E-state index in [4.69, 9.17) is 0 Å². The summed E-state index contributed by atoms with van der Waals surface area (Å²) in [4.78, 5) is 0. The number of nitrogens with one attached hydrogen (secondary N) is 1. The van der Waals surface area contributed by atoms with E-state index in [0.29, 0.717) is 5.75 Å². The largest absolute Gasteiger partial charge is 0.508 e. The van der Waals surface area contributed by atoms with E-state index in [9.17, 15) is 5.11 Å². The van der Waals surface area contributed by atoms with Crippen molar-refractivity contribution in [3.63, 3.8) is 0 Å². The average Bonchev–Trinajstić information content (AvgIpc) is 2.09. The molecule has 0 aromatic heterocycles. The Hall–Kier alpha value is -1.02. The summed E-state index contributed by atoms with van der Waals surface area (Å²) in [7, 11) is 1.91. The minimum Gasteiger partial charge on any atom is -0.508 e. The minimum atomic E-state index is 0.415. The van der Waals surface area contributed by atoms with E-state index < -0.39 is 0 Å². The molecular weight excluding hydrogens is 162 g/mol. The zero-order valence-corrected chi connectivity index (χ0v) is 8.52. The number of rotatable bonds is 3. The highest BCUT2D eigenvalue weighted by atomic mass is 16.3. The van der Waals surface area contributed by atoms with Crippen molar-refractivity contribution in [1.29, 1.82) is 0 Å². The van der Waals surface area contributed by atoms with Crippen LogP contribution in [0.25, 0.3) is 0 Å². The molecule has 0 aliphatic heterocycles. The lowest BCUT2D eigenvalue weighted by atomic mass is 10.0. The SMILES string of the molecule is CNCCc1cc(C)c(C)cc1O. The van der Waals surface area contributed by atoms with Gasteiger partial charge in [0.15, 0.2) is 0 Å². The van der Waals surface area contributed by atoms with E-state index in [-0.39, 0.29) is 0 Å². The first-order valence-electron chi connectivity index (χ1n) is 4.59. The lowest BCUT2D eigenvalue weighted by Crippen LogP contribution is -2.10. The predicted molar refractivity (Wildman–Crippen MR) is 55.2 cm³/mol. The van der Waals surface area contributed by atoms with Gasteiger partial charge in [-0.1, -0.05) is 6.07 Å². The van der Waals surface area contributed by atoms with E-state index in [0.717, 1.165) is 24.1 Å². The quantitative estimate of drug-likeness (QED) is 0.741. The molecule has 72 valence electrons. The van der Waals surface area contributed by atoms with Crippen LogP contribution >= 0.6 is 0 Å². The van der Waals surface area contributed by atoms with Gasteiger partial charge in [0.1, 0.15) is 5.75 Å². The lowest BCUT2D eigenvalue weighted by molar-refractivity contribution is 0.466. The van der Waals surface area contributed by atoms with Crippen LogP contribution < -0.4 is 5.32 Å². The average molecular weight is 179 g/mol. The summed E-state index contributed by atoms with van der Waals surface area (Å²) in [6.45, 7) is 4.98. The van der Waals surface area contributed by atoms with Crippen molar-refractivity contribution < 1.29 is 5.11 Å². The summed E-state index contributed by atoms with van der Waals surface area (Å²) in [5, 5.41) is 12.7. The third-order valence-corrected chi connectivity index (χ3v) is 2.34. The second kappa shape index (κ2) is 4.28. The number of aryl methyl sites for hydroxylation is 2. The normalized spacial score (nSPS) is 10.4. The monoisotopic (exact) mass is 179 g/mol. The van der Waals surface area contributed by atoms with Gasteiger partial charge in [-0.05, 0) is 56.6 Å². The fourth-order valence-corrected chi connectivity index (χ4v) is 1.32. The molecular formula is C11H17NO. The molecule has 1 aromatic rings. The molecule has 0 saturated carbocycles. The number of phenolic OH excluding ortho intramolecular Hbond substituents is 1. The molecule has 0 aliphatic carbocycles. The second-order valence-corrected chi connectivity index (χ2v) is 3.42. The minimum absolute atomic E-state index is 0.415. The highest BCUT2D eigenvalue weighted by Crippen LogP contribution is 2.21. The molecule has 0 radical (unpaired) electrons. The van der Waals surface area contributed by atoms with Crippen LogP contribution in [0.3, 0.4) is 0 Å². The molecule has 13 heavy (non-hydrogen) atoms. The molecule has 1 rings (SSSR count). The van der Waals surface area contributed by atoms with Crippen molar-refractivity contribution in [1.82, 2.24) is 5.32 Å². The summed E-state index contributed by atoms with van der Waals surface area (Å²) < 4.78 is 0. The maximum absolute atomic E-state index is 9.61. The molecule has 2 N–H and O–H groups in total. The molecule has 2 nitrogen and oxygen atoms in total. The van der Waals surface area contributed by atoms with Gasteiger partial charge in [0.2, 0.25) is 0 Å². The molecule has 0 unspecified atom stereocenters. The molecule has 0 spiro atoms. The first-order valence-corrected chi connectivity index (χ1v) is 4.59. The van der Waals surface area contributed by atoms with Crippen LogP contribution in [0, 0.1) is 13.8 Å². The Bertz CT molecular complexity index is 294. The molecule has 0 atom stereocenters. The van der Waals surface area contributed by atoms with Gasteiger partial charge in [0.05, 0.1) is 0 Å². The van der Waals surface area contributed by atoms with Crippen molar-refractivity contribution >= 4 is 0 Å². The van der Waals surface area contributed by atoms with Crippen LogP contribution in [0.1, 0.15) is 16.7 Å². The van der Waals surface area contributed by atoms with Gasteiger partial charge in [0.25, 0.3) is 0 Å². The van der Waals surface area contributed by atoms with Crippen molar-refractivity contribution in [3.05, 3.63) is 28.8 Å². The van der Waals surface area contributed by atoms with E-state index in [1.807, 2.05) is 20.0 Å². The molecule has 0 saturated heterocycles. The van der Waals surface area contributed by atoms with Gasteiger partial charge < -0.3 is 10.4 Å². The number of benzene rings is 1. The Morgan fingerprint density at radius 2 is 1.85 bits per heavy atom. The Labute approximate surface area is 79.6 Å².